The van der Waals surface area contributed by atoms with E-state index in [4.69, 9.17) is 4.74 Å². The number of nitrogens with zero attached hydrogens (tertiary/aromatic N) is 4. The molecule has 0 bridgehead atoms. The predicted octanol–water partition coefficient (Wildman–Crippen LogP) is 0.436. The van der Waals surface area contributed by atoms with Gasteiger partial charge in [0, 0.05) is 14.1 Å². The van der Waals surface area contributed by atoms with Crippen molar-refractivity contribution < 1.29 is 9.84 Å². The summed E-state index contributed by atoms with van der Waals surface area (Å²) in [5, 5.41) is 10.3. The minimum Gasteiger partial charge on any atom is -0.491 e. The van der Waals surface area contributed by atoms with Gasteiger partial charge in [-0.15, -0.1) is 0 Å². The highest BCUT2D eigenvalue weighted by molar-refractivity contribution is 5.69. The summed E-state index contributed by atoms with van der Waals surface area (Å²) >= 11 is 0. The SMILES string of the molecule is CCc1cccc(OCC(O)Cn2cnc3c2c(=O)n(C)c(=O)n3C)c1. The third kappa shape index (κ3) is 3.28. The van der Waals surface area contributed by atoms with Crippen LogP contribution in [0.3, 0.4) is 0 Å². The van der Waals surface area contributed by atoms with Crippen molar-refractivity contribution in [3.8, 4) is 5.75 Å². The lowest BCUT2D eigenvalue weighted by molar-refractivity contribution is 0.0933. The average Bonchev–Trinajstić information content (AvgIpc) is 3.06. The molecule has 0 amide bonds. The number of aryl methyl sites for hydroxylation is 2. The van der Waals surface area contributed by atoms with Crippen LogP contribution in [-0.4, -0.2) is 36.5 Å². The van der Waals surface area contributed by atoms with Gasteiger partial charge in [0.1, 0.15) is 18.5 Å². The van der Waals surface area contributed by atoms with Gasteiger partial charge in [0.2, 0.25) is 0 Å². The number of rotatable bonds is 6. The van der Waals surface area contributed by atoms with E-state index < -0.39 is 17.4 Å². The standard InChI is InChI=1S/C18H22N4O4/c1-4-12-6-5-7-14(8-12)26-10-13(23)9-22-11-19-16-15(22)17(24)21(3)18(25)20(16)2/h5-8,11,13,23H,4,9-10H2,1-3H3. The Balaban J connectivity index is 1.78. The van der Waals surface area contributed by atoms with Gasteiger partial charge in [0.05, 0.1) is 12.9 Å². The van der Waals surface area contributed by atoms with Crippen LogP contribution in [-0.2, 0) is 27.1 Å². The van der Waals surface area contributed by atoms with Crippen LogP contribution in [0.15, 0.2) is 40.2 Å². The van der Waals surface area contributed by atoms with E-state index in [0.717, 1.165) is 16.6 Å². The van der Waals surface area contributed by atoms with E-state index in [1.54, 1.807) is 11.6 Å². The van der Waals surface area contributed by atoms with Crippen LogP contribution in [0.4, 0.5) is 0 Å². The third-order valence-corrected chi connectivity index (χ3v) is 4.37. The van der Waals surface area contributed by atoms with Gasteiger partial charge >= 0.3 is 5.69 Å². The molecule has 1 unspecified atom stereocenters. The number of imidazole rings is 1. The zero-order chi connectivity index (χ0) is 18.8. The van der Waals surface area contributed by atoms with Gasteiger partial charge in [0.15, 0.2) is 11.2 Å². The fourth-order valence-electron chi connectivity index (χ4n) is 2.86. The smallest absolute Gasteiger partial charge is 0.332 e. The molecule has 26 heavy (non-hydrogen) atoms. The van der Waals surface area contributed by atoms with Crippen molar-refractivity contribution in [3.05, 3.63) is 57.0 Å². The second-order valence-corrected chi connectivity index (χ2v) is 6.24. The number of aromatic nitrogens is 4. The molecular weight excluding hydrogens is 336 g/mol. The fourth-order valence-corrected chi connectivity index (χ4v) is 2.86. The Morgan fingerprint density at radius 2 is 2.00 bits per heavy atom. The normalized spacial score (nSPS) is 12.5. The summed E-state index contributed by atoms with van der Waals surface area (Å²) in [6, 6.07) is 7.70. The van der Waals surface area contributed by atoms with Gasteiger partial charge in [-0.05, 0) is 24.1 Å². The highest BCUT2D eigenvalue weighted by Crippen LogP contribution is 2.14. The molecule has 0 aliphatic rings. The maximum absolute atomic E-state index is 12.4. The van der Waals surface area contributed by atoms with Crippen LogP contribution < -0.4 is 16.0 Å². The van der Waals surface area contributed by atoms with Crippen molar-refractivity contribution in [2.75, 3.05) is 6.61 Å². The molecule has 1 aromatic carbocycles. The molecule has 2 aromatic heterocycles. The minimum atomic E-state index is -0.834. The quantitative estimate of drug-likeness (QED) is 0.690. The van der Waals surface area contributed by atoms with E-state index in [1.165, 1.54) is 17.9 Å². The second-order valence-electron chi connectivity index (χ2n) is 6.24. The van der Waals surface area contributed by atoms with Gasteiger partial charge in [-0.1, -0.05) is 19.1 Å². The Morgan fingerprint density at radius 1 is 1.23 bits per heavy atom. The molecule has 3 aromatic rings. The van der Waals surface area contributed by atoms with Gasteiger partial charge < -0.3 is 14.4 Å². The number of aliphatic hydroxyl groups is 1. The van der Waals surface area contributed by atoms with Crippen molar-refractivity contribution in [3.63, 3.8) is 0 Å². The van der Waals surface area contributed by atoms with Crippen LogP contribution in [0.1, 0.15) is 12.5 Å². The lowest BCUT2D eigenvalue weighted by Gasteiger charge is -2.14. The lowest BCUT2D eigenvalue weighted by Crippen LogP contribution is -2.38. The molecule has 2 heterocycles. The number of fused-ring (bicyclic) bond motifs is 1. The molecular formula is C18H22N4O4. The summed E-state index contributed by atoms with van der Waals surface area (Å²) < 4.78 is 9.53. The Labute approximate surface area is 149 Å². The zero-order valence-electron chi connectivity index (χ0n) is 15.0. The maximum Gasteiger partial charge on any atom is 0.332 e. The molecule has 8 nitrogen and oxygen atoms in total. The van der Waals surface area contributed by atoms with Crippen LogP contribution in [0.25, 0.3) is 11.2 Å². The molecule has 0 spiro atoms. The third-order valence-electron chi connectivity index (χ3n) is 4.37. The van der Waals surface area contributed by atoms with Crippen molar-refractivity contribution in [1.82, 2.24) is 18.7 Å². The average molecular weight is 358 g/mol. The van der Waals surface area contributed by atoms with Crippen molar-refractivity contribution in [2.45, 2.75) is 26.0 Å². The Kier molecular flexibility index (Phi) is 4.94. The number of ether oxygens (including phenoxy) is 1. The number of aliphatic hydroxyl groups excluding tert-OH is 1. The van der Waals surface area contributed by atoms with E-state index in [1.807, 2.05) is 24.3 Å². The number of hydrogen-bond donors (Lipinski definition) is 1. The Hall–Kier alpha value is -2.87. The van der Waals surface area contributed by atoms with Crippen molar-refractivity contribution >= 4 is 11.2 Å². The van der Waals surface area contributed by atoms with Gasteiger partial charge in [0.25, 0.3) is 5.56 Å². The van der Waals surface area contributed by atoms with Gasteiger partial charge in [-0.25, -0.2) is 9.78 Å². The number of hydrogen-bond acceptors (Lipinski definition) is 5. The van der Waals surface area contributed by atoms with Crippen molar-refractivity contribution in [1.29, 1.82) is 0 Å². The molecule has 0 aliphatic carbocycles. The molecule has 0 radical (unpaired) electrons. The highest BCUT2D eigenvalue weighted by atomic mass is 16.5. The van der Waals surface area contributed by atoms with Crippen LogP contribution in [0.5, 0.6) is 5.75 Å². The summed E-state index contributed by atoms with van der Waals surface area (Å²) in [6.07, 6.45) is 1.52. The second kappa shape index (κ2) is 7.17. The number of benzene rings is 1. The first-order chi connectivity index (χ1) is 12.4. The Morgan fingerprint density at radius 3 is 2.73 bits per heavy atom. The zero-order valence-corrected chi connectivity index (χ0v) is 15.0. The summed E-state index contributed by atoms with van der Waals surface area (Å²) in [5.74, 6) is 0.692. The van der Waals surface area contributed by atoms with Gasteiger partial charge in [-0.2, -0.15) is 0 Å². The molecule has 0 fully saturated rings. The Bertz CT molecular complexity index is 1050. The van der Waals surface area contributed by atoms with Crippen LogP contribution >= 0.6 is 0 Å². The van der Waals surface area contributed by atoms with E-state index in [9.17, 15) is 14.7 Å². The summed E-state index contributed by atoms with van der Waals surface area (Å²) in [7, 11) is 2.98. The molecule has 1 atom stereocenters. The topological polar surface area (TPSA) is 91.3 Å². The summed E-state index contributed by atoms with van der Waals surface area (Å²) in [6.45, 7) is 2.28. The molecule has 1 N–H and O–H groups in total. The molecule has 138 valence electrons. The first-order valence-electron chi connectivity index (χ1n) is 8.43. The largest absolute Gasteiger partial charge is 0.491 e. The highest BCUT2D eigenvalue weighted by Gasteiger charge is 2.16. The minimum absolute atomic E-state index is 0.0823. The van der Waals surface area contributed by atoms with E-state index in [0.29, 0.717) is 11.4 Å². The lowest BCUT2D eigenvalue weighted by atomic mass is 10.2. The fraction of sp³-hybridized carbons (Fsp3) is 0.389. The van der Waals surface area contributed by atoms with E-state index >= 15 is 0 Å². The van der Waals surface area contributed by atoms with Crippen LogP contribution in [0.2, 0.25) is 0 Å². The maximum atomic E-state index is 12.4. The van der Waals surface area contributed by atoms with E-state index in [2.05, 4.69) is 11.9 Å². The first-order valence-corrected chi connectivity index (χ1v) is 8.43. The molecule has 0 aliphatic heterocycles. The van der Waals surface area contributed by atoms with Crippen molar-refractivity contribution in [2.24, 2.45) is 14.1 Å². The predicted molar refractivity (Wildman–Crippen MR) is 97.5 cm³/mol. The molecule has 0 saturated carbocycles. The molecule has 0 saturated heterocycles. The van der Waals surface area contributed by atoms with Gasteiger partial charge in [-0.3, -0.25) is 13.9 Å². The molecule has 3 rings (SSSR count). The monoisotopic (exact) mass is 358 g/mol. The molecule has 8 heteroatoms. The summed E-state index contributed by atoms with van der Waals surface area (Å²) in [4.78, 5) is 28.5. The van der Waals surface area contributed by atoms with E-state index in [-0.39, 0.29) is 18.7 Å². The van der Waals surface area contributed by atoms with Crippen LogP contribution in [0, 0.1) is 0 Å². The first kappa shape index (κ1) is 17.9. The summed E-state index contributed by atoms with van der Waals surface area (Å²) in [5.41, 5.74) is 0.849.